The van der Waals surface area contributed by atoms with Crippen LogP contribution in [0.25, 0.3) is 0 Å². The minimum Gasteiger partial charge on any atom is -0.259 e. The molecule has 3 heteroatoms. The molecule has 0 saturated carbocycles. The van der Waals surface area contributed by atoms with Crippen LogP contribution in [0.5, 0.6) is 0 Å². The molecule has 0 aliphatic rings. The van der Waals surface area contributed by atoms with Crippen LogP contribution in [0.2, 0.25) is 0 Å². The Kier molecular flexibility index (Phi) is 4.26. The van der Waals surface area contributed by atoms with Crippen LogP contribution in [0.3, 0.4) is 0 Å². The van der Waals surface area contributed by atoms with Crippen molar-refractivity contribution in [3.63, 3.8) is 0 Å². The summed E-state index contributed by atoms with van der Waals surface area (Å²) in [6.45, 7) is 2.02. The Bertz CT molecular complexity index is 549. The monoisotopic (exact) mass is 262 g/mol. The number of aryl methyl sites for hydroxylation is 1. The molecule has 0 heterocycles. The molecule has 0 spiro atoms. The van der Waals surface area contributed by atoms with E-state index in [-0.39, 0.29) is 5.82 Å². The molecule has 2 aromatic carbocycles. The number of rotatable bonds is 4. The van der Waals surface area contributed by atoms with E-state index in [4.69, 9.17) is 0 Å². The van der Waals surface area contributed by atoms with Gasteiger partial charge in [0.2, 0.25) is 0 Å². The van der Waals surface area contributed by atoms with Gasteiger partial charge in [-0.25, -0.2) is 4.39 Å². The van der Waals surface area contributed by atoms with Gasteiger partial charge in [0.1, 0.15) is 5.82 Å². The quantitative estimate of drug-likeness (QED) is 0.823. The third-order valence-electron chi connectivity index (χ3n) is 2.82. The molecule has 94 valence electrons. The lowest BCUT2D eigenvalue weighted by Gasteiger charge is -2.06. The van der Waals surface area contributed by atoms with Gasteiger partial charge in [-0.3, -0.25) is 4.21 Å². The molecule has 0 saturated heterocycles. The molecule has 2 aromatic rings. The van der Waals surface area contributed by atoms with Crippen LogP contribution >= 0.6 is 0 Å². The number of halogens is 1. The topological polar surface area (TPSA) is 17.1 Å². The molecule has 0 aliphatic heterocycles. The first-order valence-corrected chi connectivity index (χ1v) is 7.28. The molecular weight excluding hydrogens is 247 g/mol. The van der Waals surface area contributed by atoms with Gasteiger partial charge in [-0.05, 0) is 35.7 Å². The van der Waals surface area contributed by atoms with Crippen molar-refractivity contribution in [2.75, 3.05) is 0 Å². The lowest BCUT2D eigenvalue weighted by Crippen LogP contribution is -2.01. The van der Waals surface area contributed by atoms with E-state index in [0.717, 1.165) is 16.7 Å². The van der Waals surface area contributed by atoms with Crippen LogP contribution in [0.15, 0.2) is 48.5 Å². The number of benzene rings is 2. The van der Waals surface area contributed by atoms with E-state index >= 15 is 0 Å². The van der Waals surface area contributed by atoms with Gasteiger partial charge < -0.3 is 0 Å². The van der Waals surface area contributed by atoms with E-state index in [0.29, 0.717) is 11.5 Å². The third-order valence-corrected chi connectivity index (χ3v) is 4.11. The van der Waals surface area contributed by atoms with Crippen LogP contribution in [-0.4, -0.2) is 4.21 Å². The van der Waals surface area contributed by atoms with Crippen molar-refractivity contribution in [3.05, 3.63) is 71.0 Å². The molecule has 0 N–H and O–H groups in total. The minimum atomic E-state index is -0.961. The maximum Gasteiger partial charge on any atom is 0.123 e. The Labute approximate surface area is 109 Å². The van der Waals surface area contributed by atoms with E-state index in [9.17, 15) is 8.60 Å². The number of hydrogen-bond acceptors (Lipinski definition) is 1. The van der Waals surface area contributed by atoms with Gasteiger partial charge in [-0.15, -0.1) is 0 Å². The van der Waals surface area contributed by atoms with Crippen LogP contribution in [-0.2, 0) is 22.3 Å². The molecule has 0 radical (unpaired) electrons. The third kappa shape index (κ3) is 3.50. The molecule has 0 aromatic heterocycles. The predicted molar refractivity (Wildman–Crippen MR) is 73.1 cm³/mol. The second-order valence-electron chi connectivity index (χ2n) is 4.28. The second-order valence-corrected chi connectivity index (χ2v) is 5.74. The second kappa shape index (κ2) is 5.91. The molecule has 0 bridgehead atoms. The fourth-order valence-corrected chi connectivity index (χ4v) is 3.10. The van der Waals surface area contributed by atoms with Crippen LogP contribution < -0.4 is 0 Å². The van der Waals surface area contributed by atoms with Gasteiger partial charge in [-0.1, -0.05) is 36.4 Å². The fraction of sp³-hybridized carbons (Fsp3) is 0.200. The van der Waals surface area contributed by atoms with Gasteiger partial charge in [0, 0.05) is 22.3 Å². The average molecular weight is 262 g/mol. The summed E-state index contributed by atoms with van der Waals surface area (Å²) >= 11 is 0. The first-order chi connectivity index (χ1) is 8.65. The van der Waals surface area contributed by atoms with Crippen molar-refractivity contribution in [2.24, 2.45) is 0 Å². The average Bonchev–Trinajstić information content (AvgIpc) is 2.35. The first kappa shape index (κ1) is 13.0. The Hall–Kier alpha value is -1.48. The van der Waals surface area contributed by atoms with Crippen LogP contribution in [0.1, 0.15) is 16.7 Å². The summed E-state index contributed by atoms with van der Waals surface area (Å²) in [6, 6.07) is 14.1. The van der Waals surface area contributed by atoms with E-state index in [1.807, 2.05) is 31.2 Å². The fourth-order valence-electron chi connectivity index (χ4n) is 1.76. The lowest BCUT2D eigenvalue weighted by atomic mass is 10.1. The van der Waals surface area contributed by atoms with Gasteiger partial charge in [0.05, 0.1) is 0 Å². The zero-order valence-electron chi connectivity index (χ0n) is 10.2. The number of hydrogen-bond donors (Lipinski definition) is 0. The summed E-state index contributed by atoms with van der Waals surface area (Å²) in [5.41, 5.74) is 3.17. The van der Waals surface area contributed by atoms with Crippen molar-refractivity contribution in [3.8, 4) is 0 Å². The van der Waals surface area contributed by atoms with Crippen LogP contribution in [0.4, 0.5) is 4.39 Å². The Balaban J connectivity index is 2.01. The highest BCUT2D eigenvalue weighted by Crippen LogP contribution is 2.13. The lowest BCUT2D eigenvalue weighted by molar-refractivity contribution is 0.627. The Morgan fingerprint density at radius 2 is 1.67 bits per heavy atom. The predicted octanol–water partition coefficient (Wildman–Crippen LogP) is 3.58. The largest absolute Gasteiger partial charge is 0.259 e. The molecule has 2 rings (SSSR count). The van der Waals surface area contributed by atoms with Gasteiger partial charge in [0.15, 0.2) is 0 Å². The molecule has 1 atom stereocenters. The van der Waals surface area contributed by atoms with Crippen molar-refractivity contribution in [2.45, 2.75) is 18.4 Å². The molecule has 18 heavy (non-hydrogen) atoms. The highest BCUT2D eigenvalue weighted by molar-refractivity contribution is 7.83. The molecule has 0 amide bonds. The van der Waals surface area contributed by atoms with Crippen molar-refractivity contribution in [1.29, 1.82) is 0 Å². The van der Waals surface area contributed by atoms with Gasteiger partial charge in [-0.2, -0.15) is 0 Å². The summed E-state index contributed by atoms with van der Waals surface area (Å²) in [5, 5.41) is 0. The minimum absolute atomic E-state index is 0.261. The van der Waals surface area contributed by atoms with E-state index < -0.39 is 10.8 Å². The Morgan fingerprint density at radius 3 is 2.33 bits per heavy atom. The summed E-state index contributed by atoms with van der Waals surface area (Å²) in [5.74, 6) is 0.752. The smallest absolute Gasteiger partial charge is 0.123 e. The molecule has 0 unspecified atom stereocenters. The Morgan fingerprint density at radius 1 is 1.00 bits per heavy atom. The standard InChI is InChI=1S/C15H15FOS/c1-12-4-2-3-5-14(12)11-18(17)10-13-6-8-15(16)9-7-13/h2-9H,10-11H2,1H3/t18-/m0/s1. The van der Waals surface area contributed by atoms with E-state index in [1.54, 1.807) is 12.1 Å². The summed E-state index contributed by atoms with van der Waals surface area (Å²) in [4.78, 5) is 0. The molecular formula is C15H15FOS. The summed E-state index contributed by atoms with van der Waals surface area (Å²) in [7, 11) is -0.961. The molecule has 1 nitrogen and oxygen atoms in total. The highest BCUT2D eigenvalue weighted by atomic mass is 32.2. The summed E-state index contributed by atoms with van der Waals surface area (Å²) < 4.78 is 24.8. The van der Waals surface area contributed by atoms with Crippen molar-refractivity contribution >= 4 is 10.8 Å². The van der Waals surface area contributed by atoms with E-state index in [2.05, 4.69) is 0 Å². The van der Waals surface area contributed by atoms with Gasteiger partial charge in [0.25, 0.3) is 0 Å². The van der Waals surface area contributed by atoms with Gasteiger partial charge >= 0.3 is 0 Å². The zero-order valence-corrected chi connectivity index (χ0v) is 11.0. The summed E-state index contributed by atoms with van der Waals surface area (Å²) in [6.07, 6.45) is 0. The maximum absolute atomic E-state index is 12.7. The van der Waals surface area contributed by atoms with Crippen molar-refractivity contribution < 1.29 is 8.60 Å². The van der Waals surface area contributed by atoms with E-state index in [1.165, 1.54) is 12.1 Å². The zero-order chi connectivity index (χ0) is 13.0. The molecule has 0 aliphatic carbocycles. The highest BCUT2D eigenvalue weighted by Gasteiger charge is 2.05. The SMILES string of the molecule is Cc1ccccc1C[S@@](=O)Cc1ccc(F)cc1. The molecule has 0 fully saturated rings. The first-order valence-electron chi connectivity index (χ1n) is 5.79. The normalized spacial score (nSPS) is 12.3. The van der Waals surface area contributed by atoms with Crippen molar-refractivity contribution in [1.82, 2.24) is 0 Å². The maximum atomic E-state index is 12.7. The van der Waals surface area contributed by atoms with Crippen LogP contribution in [0, 0.1) is 12.7 Å².